The lowest BCUT2D eigenvalue weighted by Gasteiger charge is -2.22. The van der Waals surface area contributed by atoms with Crippen LogP contribution in [0.1, 0.15) is 29.4 Å². The summed E-state index contributed by atoms with van der Waals surface area (Å²) in [6.45, 7) is 0.0634. The summed E-state index contributed by atoms with van der Waals surface area (Å²) in [6, 6.07) is 19.8. The third-order valence-corrected chi connectivity index (χ3v) is 3.68. The SMILES string of the molecule is COc1ccc(C(C#N)C(CCO)c2ccccc2)cc1. The van der Waals surface area contributed by atoms with E-state index in [1.54, 1.807) is 7.11 Å². The summed E-state index contributed by atoms with van der Waals surface area (Å²) in [5.41, 5.74) is 2.02. The van der Waals surface area contributed by atoms with Crippen molar-refractivity contribution in [1.29, 1.82) is 5.26 Å². The molecule has 0 bridgehead atoms. The molecular formula is C18H19NO2. The number of nitriles is 1. The van der Waals surface area contributed by atoms with Gasteiger partial charge in [-0.2, -0.15) is 5.26 Å². The van der Waals surface area contributed by atoms with E-state index in [2.05, 4.69) is 6.07 Å². The number of rotatable bonds is 6. The molecule has 0 aliphatic rings. The average Bonchev–Trinajstić information content (AvgIpc) is 2.56. The van der Waals surface area contributed by atoms with Crippen LogP contribution in [0.2, 0.25) is 0 Å². The van der Waals surface area contributed by atoms with Crippen LogP contribution in [0.4, 0.5) is 0 Å². The van der Waals surface area contributed by atoms with Crippen LogP contribution in [0.25, 0.3) is 0 Å². The lowest BCUT2D eigenvalue weighted by atomic mass is 9.80. The standard InChI is InChI=1S/C18H19NO2/c1-21-16-9-7-15(8-10-16)18(13-19)17(11-12-20)14-5-3-2-4-6-14/h2-10,17-18,20H,11-12H2,1H3. The molecule has 1 N–H and O–H groups in total. The number of benzene rings is 2. The predicted octanol–water partition coefficient (Wildman–Crippen LogP) is 3.47. The molecular weight excluding hydrogens is 262 g/mol. The monoisotopic (exact) mass is 281 g/mol. The fourth-order valence-electron chi connectivity index (χ4n) is 2.57. The van der Waals surface area contributed by atoms with Crippen molar-refractivity contribution in [2.45, 2.75) is 18.3 Å². The Labute approximate surface area is 125 Å². The second-order valence-corrected chi connectivity index (χ2v) is 4.91. The molecule has 0 fully saturated rings. The molecule has 3 nitrogen and oxygen atoms in total. The molecule has 0 amide bonds. The predicted molar refractivity (Wildman–Crippen MR) is 82.2 cm³/mol. The van der Waals surface area contributed by atoms with E-state index in [4.69, 9.17) is 4.74 Å². The van der Waals surface area contributed by atoms with Crippen molar-refractivity contribution in [2.24, 2.45) is 0 Å². The van der Waals surface area contributed by atoms with Crippen molar-refractivity contribution < 1.29 is 9.84 Å². The van der Waals surface area contributed by atoms with Crippen molar-refractivity contribution in [3.05, 3.63) is 65.7 Å². The maximum Gasteiger partial charge on any atom is 0.118 e. The van der Waals surface area contributed by atoms with E-state index in [-0.39, 0.29) is 18.4 Å². The Morgan fingerprint density at radius 3 is 2.24 bits per heavy atom. The fourth-order valence-corrected chi connectivity index (χ4v) is 2.57. The van der Waals surface area contributed by atoms with Crippen LogP contribution >= 0.6 is 0 Å². The molecule has 2 aromatic rings. The summed E-state index contributed by atoms with van der Waals surface area (Å²) in [5.74, 6) is 0.467. The van der Waals surface area contributed by atoms with E-state index in [0.717, 1.165) is 16.9 Å². The van der Waals surface area contributed by atoms with Gasteiger partial charge < -0.3 is 9.84 Å². The fraction of sp³-hybridized carbons (Fsp3) is 0.278. The summed E-state index contributed by atoms with van der Waals surface area (Å²) < 4.78 is 5.15. The van der Waals surface area contributed by atoms with E-state index in [1.165, 1.54) is 0 Å². The van der Waals surface area contributed by atoms with Crippen LogP contribution in [0.5, 0.6) is 5.75 Å². The number of nitrogens with zero attached hydrogens (tertiary/aromatic N) is 1. The number of aliphatic hydroxyl groups excluding tert-OH is 1. The highest BCUT2D eigenvalue weighted by atomic mass is 16.5. The molecule has 2 rings (SSSR count). The Bertz CT molecular complexity index is 587. The third-order valence-electron chi connectivity index (χ3n) is 3.68. The topological polar surface area (TPSA) is 53.2 Å². The van der Waals surface area contributed by atoms with Gasteiger partial charge in [0.15, 0.2) is 0 Å². The highest BCUT2D eigenvalue weighted by Gasteiger charge is 2.24. The molecule has 2 unspecified atom stereocenters. The van der Waals surface area contributed by atoms with Gasteiger partial charge in [0, 0.05) is 12.5 Å². The van der Waals surface area contributed by atoms with Crippen LogP contribution in [0.15, 0.2) is 54.6 Å². The first kappa shape index (κ1) is 15.1. The van der Waals surface area contributed by atoms with Gasteiger partial charge in [-0.25, -0.2) is 0 Å². The lowest BCUT2D eigenvalue weighted by Crippen LogP contribution is -2.12. The Morgan fingerprint density at radius 1 is 1.05 bits per heavy atom. The first-order valence-electron chi connectivity index (χ1n) is 6.99. The van der Waals surface area contributed by atoms with Crippen molar-refractivity contribution in [3.8, 4) is 11.8 Å². The quantitative estimate of drug-likeness (QED) is 0.882. The Hall–Kier alpha value is -2.31. The molecule has 0 saturated heterocycles. The molecule has 0 spiro atoms. The smallest absolute Gasteiger partial charge is 0.118 e. The van der Waals surface area contributed by atoms with Crippen LogP contribution in [0, 0.1) is 11.3 Å². The van der Waals surface area contributed by atoms with Crippen molar-refractivity contribution in [3.63, 3.8) is 0 Å². The molecule has 3 heteroatoms. The highest BCUT2D eigenvalue weighted by molar-refractivity contribution is 5.36. The Kier molecular flexibility index (Phi) is 5.36. The van der Waals surface area contributed by atoms with Gasteiger partial charge in [0.1, 0.15) is 5.75 Å². The summed E-state index contributed by atoms with van der Waals surface area (Å²) in [5, 5.41) is 18.9. The molecule has 21 heavy (non-hydrogen) atoms. The van der Waals surface area contributed by atoms with Gasteiger partial charge in [-0.1, -0.05) is 42.5 Å². The van der Waals surface area contributed by atoms with E-state index >= 15 is 0 Å². The number of ether oxygens (including phenoxy) is 1. The van der Waals surface area contributed by atoms with Gasteiger partial charge >= 0.3 is 0 Å². The van der Waals surface area contributed by atoms with Crippen molar-refractivity contribution in [2.75, 3.05) is 13.7 Å². The third kappa shape index (κ3) is 3.62. The number of methoxy groups -OCH3 is 1. The van der Waals surface area contributed by atoms with Gasteiger partial charge in [-0.15, -0.1) is 0 Å². The van der Waals surface area contributed by atoms with E-state index in [0.29, 0.717) is 6.42 Å². The Morgan fingerprint density at radius 2 is 1.71 bits per heavy atom. The van der Waals surface area contributed by atoms with E-state index < -0.39 is 0 Å². The molecule has 2 atom stereocenters. The van der Waals surface area contributed by atoms with Gasteiger partial charge in [-0.05, 0) is 29.7 Å². The van der Waals surface area contributed by atoms with Gasteiger partial charge in [0.25, 0.3) is 0 Å². The van der Waals surface area contributed by atoms with E-state index in [9.17, 15) is 10.4 Å². The zero-order valence-electron chi connectivity index (χ0n) is 12.1. The number of hydrogen-bond donors (Lipinski definition) is 1. The maximum atomic E-state index is 9.60. The molecule has 0 radical (unpaired) electrons. The van der Waals surface area contributed by atoms with Crippen molar-refractivity contribution >= 4 is 0 Å². The minimum atomic E-state index is -0.287. The summed E-state index contributed by atoms with van der Waals surface area (Å²) in [4.78, 5) is 0. The molecule has 108 valence electrons. The lowest BCUT2D eigenvalue weighted by molar-refractivity contribution is 0.272. The van der Waals surface area contributed by atoms with Crippen LogP contribution in [-0.2, 0) is 0 Å². The molecule has 0 aliphatic heterocycles. The summed E-state index contributed by atoms with van der Waals surface area (Å²) >= 11 is 0. The number of aliphatic hydroxyl groups is 1. The molecule has 0 aliphatic carbocycles. The largest absolute Gasteiger partial charge is 0.497 e. The molecule has 0 heterocycles. The second-order valence-electron chi connectivity index (χ2n) is 4.91. The van der Waals surface area contributed by atoms with Crippen molar-refractivity contribution in [1.82, 2.24) is 0 Å². The molecule has 2 aromatic carbocycles. The first-order chi connectivity index (χ1) is 10.3. The molecule has 0 aromatic heterocycles. The highest BCUT2D eigenvalue weighted by Crippen LogP contribution is 2.35. The first-order valence-corrected chi connectivity index (χ1v) is 6.99. The minimum absolute atomic E-state index is 0.0189. The van der Waals surface area contributed by atoms with Crippen LogP contribution in [-0.4, -0.2) is 18.8 Å². The maximum absolute atomic E-state index is 9.60. The Balaban J connectivity index is 2.33. The summed E-state index contributed by atoms with van der Waals surface area (Å²) in [6.07, 6.45) is 0.564. The normalized spacial score (nSPS) is 13.2. The van der Waals surface area contributed by atoms with Crippen LogP contribution < -0.4 is 4.74 Å². The zero-order valence-corrected chi connectivity index (χ0v) is 12.1. The van der Waals surface area contributed by atoms with Gasteiger partial charge in [0.2, 0.25) is 0 Å². The minimum Gasteiger partial charge on any atom is -0.497 e. The van der Waals surface area contributed by atoms with E-state index in [1.807, 2.05) is 54.6 Å². The van der Waals surface area contributed by atoms with Crippen LogP contribution in [0.3, 0.4) is 0 Å². The number of hydrogen-bond acceptors (Lipinski definition) is 3. The summed E-state index contributed by atoms with van der Waals surface area (Å²) in [7, 11) is 1.62. The zero-order chi connectivity index (χ0) is 15.1. The average molecular weight is 281 g/mol. The second kappa shape index (κ2) is 7.47. The van der Waals surface area contributed by atoms with Gasteiger partial charge in [-0.3, -0.25) is 0 Å². The molecule has 0 saturated carbocycles. The van der Waals surface area contributed by atoms with Gasteiger partial charge in [0.05, 0.1) is 19.1 Å².